The number of benzene rings is 1. The number of carboxylic acids is 2. The monoisotopic (exact) mass is 426 g/mol. The minimum absolute atomic E-state index is 0.0399. The quantitative estimate of drug-likeness (QED) is 0.728. The summed E-state index contributed by atoms with van der Waals surface area (Å²) in [6, 6.07) is 10.3. The van der Waals surface area contributed by atoms with Crippen molar-refractivity contribution in [2.45, 2.75) is 31.3 Å². The van der Waals surface area contributed by atoms with Crippen LogP contribution in [0.1, 0.15) is 17.1 Å². The van der Waals surface area contributed by atoms with E-state index < -0.39 is 17.2 Å². The van der Waals surface area contributed by atoms with Crippen molar-refractivity contribution in [1.82, 2.24) is 14.5 Å². The van der Waals surface area contributed by atoms with E-state index in [1.165, 1.54) is 23.5 Å². The molecule has 0 bridgehead atoms. The van der Waals surface area contributed by atoms with Crippen LogP contribution < -0.4 is 0 Å². The number of rotatable bonds is 6. The first-order valence-electron chi connectivity index (χ1n) is 9.65. The fraction of sp³-hybridized carbons (Fsp3) is 0.333. The molecule has 0 aliphatic carbocycles. The average Bonchev–Trinajstić information content (AvgIpc) is 2.98. The molecule has 156 valence electrons. The van der Waals surface area contributed by atoms with Gasteiger partial charge in [0.1, 0.15) is 11.5 Å². The van der Waals surface area contributed by atoms with Gasteiger partial charge in [0.2, 0.25) is 0 Å². The lowest BCUT2D eigenvalue weighted by molar-refractivity contribution is -0.133. The van der Waals surface area contributed by atoms with E-state index in [0.29, 0.717) is 6.42 Å². The van der Waals surface area contributed by atoms with Gasteiger partial charge >= 0.3 is 11.9 Å². The van der Waals surface area contributed by atoms with E-state index in [0.717, 1.165) is 37.7 Å². The van der Waals surface area contributed by atoms with E-state index in [2.05, 4.69) is 26.6 Å². The zero-order valence-electron chi connectivity index (χ0n) is 16.3. The molecule has 2 aliphatic heterocycles. The molecule has 2 aliphatic rings. The second-order valence-corrected chi connectivity index (χ2v) is 8.50. The molecule has 1 atom stereocenters. The lowest BCUT2D eigenvalue weighted by Crippen LogP contribution is -2.33. The molecule has 0 radical (unpaired) electrons. The van der Waals surface area contributed by atoms with Crippen molar-refractivity contribution in [2.75, 3.05) is 12.3 Å². The molecule has 4 rings (SSSR count). The van der Waals surface area contributed by atoms with Crippen LogP contribution in [0.2, 0.25) is 0 Å². The highest BCUT2D eigenvalue weighted by atomic mass is 32.2. The van der Waals surface area contributed by atoms with Crippen molar-refractivity contribution >= 4 is 29.4 Å². The van der Waals surface area contributed by atoms with Gasteiger partial charge in [-0.25, -0.2) is 14.6 Å². The van der Waals surface area contributed by atoms with E-state index in [9.17, 15) is 14.7 Å². The first-order chi connectivity index (χ1) is 14.5. The Morgan fingerprint density at radius 3 is 2.67 bits per heavy atom. The zero-order valence-corrected chi connectivity index (χ0v) is 17.1. The van der Waals surface area contributed by atoms with Crippen LogP contribution in [0, 0.1) is 0 Å². The smallest absolute Gasteiger partial charge is 0.351 e. The molecule has 9 heteroatoms. The van der Waals surface area contributed by atoms with Crippen LogP contribution in [0.5, 0.6) is 0 Å². The molecule has 0 amide bonds. The fourth-order valence-corrected chi connectivity index (χ4v) is 4.83. The normalized spacial score (nSPS) is 19.4. The van der Waals surface area contributed by atoms with Gasteiger partial charge in [-0.3, -0.25) is 9.89 Å². The molecule has 8 nitrogen and oxygen atoms in total. The number of carbonyl (C=O) groups is 2. The van der Waals surface area contributed by atoms with Crippen LogP contribution >= 0.6 is 11.8 Å². The molecular weight excluding hydrogens is 404 g/mol. The van der Waals surface area contributed by atoms with E-state index in [-0.39, 0.29) is 17.0 Å². The van der Waals surface area contributed by atoms with Gasteiger partial charge in [-0.1, -0.05) is 30.3 Å². The first-order valence-corrected chi connectivity index (χ1v) is 10.7. The Morgan fingerprint density at radius 1 is 1.13 bits per heavy atom. The summed E-state index contributed by atoms with van der Waals surface area (Å²) in [6.07, 6.45) is 3.58. The van der Waals surface area contributed by atoms with Crippen LogP contribution in [0.15, 0.2) is 53.3 Å². The van der Waals surface area contributed by atoms with Crippen molar-refractivity contribution < 1.29 is 19.8 Å². The predicted octanol–water partition coefficient (Wildman–Crippen LogP) is 2.05. The summed E-state index contributed by atoms with van der Waals surface area (Å²) in [6.45, 7) is 3.36. The number of imidazole rings is 1. The lowest BCUT2D eigenvalue weighted by Gasteiger charge is -2.27. The Bertz CT molecular complexity index is 1020. The standard InChI is InChI=1S/C21H22N4O4S/c26-20(27)16-9-22-17(21(28)29)13-30-18(16)8-15-11-25-7-6-24(12-19(25)23-15)10-14-4-2-1-3-5-14/h1-5,9,11,18H,6-8,10,12-13H2,(H,26,27)(H,28,29). The Morgan fingerprint density at radius 2 is 1.93 bits per heavy atom. The SMILES string of the molecule is O=C(O)C1=CN=C(C(=O)O)CSC1Cc1cn2c(n1)CN(Cc1ccccc1)CC2. The number of fused-ring (bicyclic) bond motifs is 1. The molecule has 3 heterocycles. The molecule has 0 saturated carbocycles. The average molecular weight is 426 g/mol. The van der Waals surface area contributed by atoms with E-state index >= 15 is 0 Å². The number of aromatic nitrogens is 2. The number of hydrogen-bond donors (Lipinski definition) is 2. The second kappa shape index (κ2) is 8.85. The second-order valence-electron chi connectivity index (χ2n) is 7.31. The molecule has 0 fully saturated rings. The number of aliphatic carboxylic acids is 2. The summed E-state index contributed by atoms with van der Waals surface area (Å²) in [5.74, 6) is -1.08. The van der Waals surface area contributed by atoms with Gasteiger partial charge < -0.3 is 14.8 Å². The number of carboxylic acid groups (broad SMARTS) is 2. The van der Waals surface area contributed by atoms with Gasteiger partial charge in [0, 0.05) is 49.5 Å². The van der Waals surface area contributed by atoms with Gasteiger partial charge in [0.05, 0.1) is 17.8 Å². The van der Waals surface area contributed by atoms with Crippen LogP contribution in [0.4, 0.5) is 0 Å². The molecule has 30 heavy (non-hydrogen) atoms. The molecule has 2 N–H and O–H groups in total. The molecule has 2 aromatic rings. The van der Waals surface area contributed by atoms with Crippen LogP contribution in [-0.2, 0) is 35.6 Å². The summed E-state index contributed by atoms with van der Waals surface area (Å²) in [7, 11) is 0. The molecule has 1 aromatic carbocycles. The van der Waals surface area contributed by atoms with Gasteiger partial charge in [-0.2, -0.15) is 0 Å². The van der Waals surface area contributed by atoms with Crippen molar-refractivity contribution in [3.63, 3.8) is 0 Å². The van der Waals surface area contributed by atoms with Crippen molar-refractivity contribution in [3.8, 4) is 0 Å². The number of aliphatic imine (C=N–C) groups is 1. The largest absolute Gasteiger partial charge is 0.478 e. The van der Waals surface area contributed by atoms with Crippen LogP contribution in [-0.4, -0.2) is 59.9 Å². The Labute approximate surface area is 177 Å². The highest BCUT2D eigenvalue weighted by Gasteiger charge is 2.28. The third kappa shape index (κ3) is 4.63. The van der Waals surface area contributed by atoms with Crippen molar-refractivity contribution in [2.24, 2.45) is 4.99 Å². The van der Waals surface area contributed by atoms with E-state index in [4.69, 9.17) is 10.1 Å². The fourth-order valence-electron chi connectivity index (χ4n) is 3.64. The molecule has 0 spiro atoms. The zero-order chi connectivity index (χ0) is 21.1. The Hall–Kier alpha value is -2.91. The summed E-state index contributed by atoms with van der Waals surface area (Å²) in [4.78, 5) is 33.8. The number of hydrogen-bond acceptors (Lipinski definition) is 6. The highest BCUT2D eigenvalue weighted by molar-refractivity contribution is 8.00. The summed E-state index contributed by atoms with van der Waals surface area (Å²) >= 11 is 1.28. The minimum atomic E-state index is -1.12. The lowest BCUT2D eigenvalue weighted by atomic mass is 10.1. The highest BCUT2D eigenvalue weighted by Crippen LogP contribution is 2.27. The third-order valence-corrected chi connectivity index (χ3v) is 6.46. The van der Waals surface area contributed by atoms with Crippen molar-refractivity contribution in [1.29, 1.82) is 0 Å². The minimum Gasteiger partial charge on any atom is -0.478 e. The topological polar surface area (TPSA) is 108 Å². The third-order valence-electron chi connectivity index (χ3n) is 5.20. The molecular formula is C21H22N4O4S. The molecule has 1 unspecified atom stereocenters. The van der Waals surface area contributed by atoms with Gasteiger partial charge in [-0.15, -0.1) is 11.8 Å². The molecule has 1 aromatic heterocycles. The van der Waals surface area contributed by atoms with E-state index in [1.54, 1.807) is 0 Å². The number of thioether (sulfide) groups is 1. The van der Waals surface area contributed by atoms with Gasteiger partial charge in [0.25, 0.3) is 0 Å². The molecule has 0 saturated heterocycles. The predicted molar refractivity (Wildman–Crippen MR) is 114 cm³/mol. The van der Waals surface area contributed by atoms with Crippen molar-refractivity contribution in [3.05, 3.63) is 65.4 Å². The van der Waals surface area contributed by atoms with Crippen LogP contribution in [0.3, 0.4) is 0 Å². The summed E-state index contributed by atoms with van der Waals surface area (Å²) in [5.41, 5.74) is 2.14. The first kappa shape index (κ1) is 20.4. The maximum absolute atomic E-state index is 11.7. The summed E-state index contributed by atoms with van der Waals surface area (Å²) in [5, 5.41) is 18.3. The van der Waals surface area contributed by atoms with Gasteiger partial charge in [0.15, 0.2) is 0 Å². The number of nitrogens with zero attached hydrogens (tertiary/aromatic N) is 4. The Kier molecular flexibility index (Phi) is 6.01. The maximum atomic E-state index is 11.7. The van der Waals surface area contributed by atoms with E-state index in [1.807, 2.05) is 24.4 Å². The summed E-state index contributed by atoms with van der Waals surface area (Å²) < 4.78 is 2.13. The maximum Gasteiger partial charge on any atom is 0.351 e. The Balaban J connectivity index is 1.45. The van der Waals surface area contributed by atoms with Crippen LogP contribution in [0.25, 0.3) is 0 Å². The van der Waals surface area contributed by atoms with Gasteiger partial charge in [-0.05, 0) is 5.56 Å².